The Morgan fingerprint density at radius 2 is 1.55 bits per heavy atom. The Balaban J connectivity index is 1.61. The molecule has 0 atom stereocenters. The number of anilines is 1. The SMILES string of the molecule is COc1ccc(C(=O)NC(=O)N(C)c2ccc(Oc3ncc(Br)cn3)cc2)cc1. The third kappa shape index (κ3) is 5.29. The van der Waals surface area contributed by atoms with Gasteiger partial charge in [0.25, 0.3) is 5.91 Å². The van der Waals surface area contributed by atoms with Crippen LogP contribution in [0.5, 0.6) is 17.5 Å². The summed E-state index contributed by atoms with van der Waals surface area (Å²) < 4.78 is 11.3. The van der Waals surface area contributed by atoms with E-state index in [1.165, 1.54) is 12.0 Å². The topological polar surface area (TPSA) is 93.7 Å². The molecule has 29 heavy (non-hydrogen) atoms. The molecule has 0 aliphatic heterocycles. The van der Waals surface area contributed by atoms with Gasteiger partial charge in [-0.1, -0.05) is 0 Å². The Morgan fingerprint density at radius 3 is 2.14 bits per heavy atom. The van der Waals surface area contributed by atoms with Crippen molar-refractivity contribution in [2.75, 3.05) is 19.1 Å². The molecule has 0 unspecified atom stereocenters. The van der Waals surface area contributed by atoms with Crippen LogP contribution < -0.4 is 19.7 Å². The lowest BCUT2D eigenvalue weighted by molar-refractivity contribution is 0.0965. The fourth-order valence-corrected chi connectivity index (χ4v) is 2.51. The van der Waals surface area contributed by atoms with Gasteiger partial charge in [0.15, 0.2) is 0 Å². The number of hydrogen-bond donors (Lipinski definition) is 1. The molecule has 148 valence electrons. The summed E-state index contributed by atoms with van der Waals surface area (Å²) in [5, 5.41) is 2.34. The van der Waals surface area contributed by atoms with Crippen molar-refractivity contribution in [3.8, 4) is 17.5 Å². The highest BCUT2D eigenvalue weighted by Gasteiger charge is 2.16. The second-order valence-corrected chi connectivity index (χ2v) is 6.74. The summed E-state index contributed by atoms with van der Waals surface area (Å²) in [6, 6.07) is 12.8. The van der Waals surface area contributed by atoms with Crippen molar-refractivity contribution in [2.45, 2.75) is 0 Å². The summed E-state index contributed by atoms with van der Waals surface area (Å²) in [6.45, 7) is 0. The van der Waals surface area contributed by atoms with E-state index in [1.54, 1.807) is 68.0 Å². The number of nitrogens with one attached hydrogen (secondary N) is 1. The van der Waals surface area contributed by atoms with E-state index in [0.717, 1.165) is 4.47 Å². The zero-order valence-corrected chi connectivity index (χ0v) is 17.2. The maximum absolute atomic E-state index is 12.4. The van der Waals surface area contributed by atoms with Gasteiger partial charge in [-0.3, -0.25) is 15.0 Å². The number of aromatic nitrogens is 2. The molecule has 0 aliphatic rings. The Labute approximate surface area is 175 Å². The summed E-state index contributed by atoms with van der Waals surface area (Å²) in [7, 11) is 3.10. The Bertz CT molecular complexity index is 992. The van der Waals surface area contributed by atoms with Gasteiger partial charge in [-0.15, -0.1) is 0 Å². The maximum atomic E-state index is 12.4. The minimum Gasteiger partial charge on any atom is -0.497 e. The van der Waals surface area contributed by atoms with E-state index in [0.29, 0.717) is 22.7 Å². The molecule has 0 radical (unpaired) electrons. The molecule has 1 aromatic heterocycles. The van der Waals surface area contributed by atoms with Crippen LogP contribution in [0.4, 0.5) is 10.5 Å². The predicted octanol–water partition coefficient (Wildman–Crippen LogP) is 4.03. The van der Waals surface area contributed by atoms with E-state index < -0.39 is 11.9 Å². The van der Waals surface area contributed by atoms with E-state index in [4.69, 9.17) is 9.47 Å². The Morgan fingerprint density at radius 1 is 0.966 bits per heavy atom. The van der Waals surface area contributed by atoms with E-state index in [9.17, 15) is 9.59 Å². The third-order valence-electron chi connectivity index (χ3n) is 3.91. The first-order chi connectivity index (χ1) is 14.0. The predicted molar refractivity (Wildman–Crippen MR) is 111 cm³/mol. The zero-order chi connectivity index (χ0) is 20.8. The van der Waals surface area contributed by atoms with Crippen molar-refractivity contribution >= 4 is 33.6 Å². The van der Waals surface area contributed by atoms with Crippen LogP contribution in [0.3, 0.4) is 0 Å². The number of amides is 3. The molecule has 1 N–H and O–H groups in total. The largest absolute Gasteiger partial charge is 0.497 e. The number of hydrogen-bond acceptors (Lipinski definition) is 6. The number of ether oxygens (including phenoxy) is 2. The summed E-state index contributed by atoms with van der Waals surface area (Å²) >= 11 is 3.25. The molecular formula is C20H17BrN4O4. The van der Waals surface area contributed by atoms with Gasteiger partial charge in [-0.25, -0.2) is 14.8 Å². The number of halogens is 1. The van der Waals surface area contributed by atoms with E-state index in [-0.39, 0.29) is 6.01 Å². The highest BCUT2D eigenvalue weighted by Crippen LogP contribution is 2.22. The molecule has 1 heterocycles. The van der Waals surface area contributed by atoms with Gasteiger partial charge < -0.3 is 9.47 Å². The normalized spacial score (nSPS) is 10.2. The van der Waals surface area contributed by atoms with Crippen LogP contribution in [0.1, 0.15) is 10.4 Å². The van der Waals surface area contributed by atoms with Gasteiger partial charge in [0.2, 0.25) is 0 Å². The molecule has 0 fully saturated rings. The van der Waals surface area contributed by atoms with Crippen molar-refractivity contribution < 1.29 is 19.1 Å². The van der Waals surface area contributed by atoms with Crippen LogP contribution in [0.25, 0.3) is 0 Å². The number of carbonyl (C=O) groups excluding carboxylic acids is 2. The summed E-state index contributed by atoms with van der Waals surface area (Å²) in [5.74, 6) is 0.636. The second kappa shape index (κ2) is 9.16. The summed E-state index contributed by atoms with van der Waals surface area (Å²) in [5.41, 5.74) is 0.930. The molecule has 3 amide bonds. The summed E-state index contributed by atoms with van der Waals surface area (Å²) in [4.78, 5) is 34.0. The maximum Gasteiger partial charge on any atom is 0.328 e. The van der Waals surface area contributed by atoms with Gasteiger partial charge in [-0.05, 0) is 64.5 Å². The molecule has 0 spiro atoms. The van der Waals surface area contributed by atoms with Crippen molar-refractivity contribution in [1.82, 2.24) is 15.3 Å². The van der Waals surface area contributed by atoms with E-state index in [2.05, 4.69) is 31.2 Å². The minimum absolute atomic E-state index is 0.206. The first-order valence-corrected chi connectivity index (χ1v) is 9.24. The quantitative estimate of drug-likeness (QED) is 0.622. The van der Waals surface area contributed by atoms with Crippen LogP contribution in [-0.2, 0) is 0 Å². The minimum atomic E-state index is -0.560. The average Bonchev–Trinajstić information content (AvgIpc) is 2.75. The molecule has 3 rings (SSSR count). The zero-order valence-electron chi connectivity index (χ0n) is 15.6. The van der Waals surface area contributed by atoms with Crippen molar-refractivity contribution in [3.63, 3.8) is 0 Å². The molecule has 9 heteroatoms. The molecule has 0 saturated carbocycles. The molecule has 0 saturated heterocycles. The van der Waals surface area contributed by atoms with Crippen molar-refractivity contribution in [2.24, 2.45) is 0 Å². The molecular weight excluding hydrogens is 440 g/mol. The van der Waals surface area contributed by atoms with E-state index in [1.807, 2.05) is 0 Å². The average molecular weight is 457 g/mol. The number of methoxy groups -OCH3 is 1. The van der Waals surface area contributed by atoms with Gasteiger partial charge in [-0.2, -0.15) is 0 Å². The second-order valence-electron chi connectivity index (χ2n) is 5.83. The van der Waals surface area contributed by atoms with Gasteiger partial charge >= 0.3 is 12.0 Å². The highest BCUT2D eigenvalue weighted by molar-refractivity contribution is 9.10. The fraction of sp³-hybridized carbons (Fsp3) is 0.100. The summed E-state index contributed by atoms with van der Waals surface area (Å²) in [6.07, 6.45) is 3.16. The fourth-order valence-electron chi connectivity index (χ4n) is 2.31. The molecule has 3 aromatic rings. The van der Waals surface area contributed by atoms with Crippen LogP contribution in [0.2, 0.25) is 0 Å². The van der Waals surface area contributed by atoms with Crippen molar-refractivity contribution in [1.29, 1.82) is 0 Å². The molecule has 8 nitrogen and oxygen atoms in total. The van der Waals surface area contributed by atoms with Crippen molar-refractivity contribution in [3.05, 3.63) is 71.0 Å². The highest BCUT2D eigenvalue weighted by atomic mass is 79.9. The number of imide groups is 1. The van der Waals surface area contributed by atoms with Gasteiger partial charge in [0.05, 0.1) is 11.6 Å². The first-order valence-electron chi connectivity index (χ1n) is 8.45. The van der Waals surface area contributed by atoms with Crippen LogP contribution >= 0.6 is 15.9 Å². The number of urea groups is 1. The lowest BCUT2D eigenvalue weighted by Crippen LogP contribution is -2.40. The Kier molecular flexibility index (Phi) is 6.40. The van der Waals surface area contributed by atoms with Crippen LogP contribution in [-0.4, -0.2) is 36.1 Å². The molecule has 2 aromatic carbocycles. The molecule has 0 aliphatic carbocycles. The lowest BCUT2D eigenvalue weighted by Gasteiger charge is -2.18. The monoisotopic (exact) mass is 456 g/mol. The standard InChI is InChI=1S/C20H17BrN4O4/c1-25(20(27)24-18(26)13-3-7-16(28-2)8-4-13)15-5-9-17(10-6-15)29-19-22-11-14(21)12-23-19/h3-12H,1-2H3,(H,24,26,27). The van der Waals surface area contributed by atoms with Gasteiger partial charge in [0, 0.05) is 30.7 Å². The third-order valence-corrected chi connectivity index (χ3v) is 4.32. The number of rotatable bonds is 5. The Hall–Kier alpha value is -3.46. The van der Waals surface area contributed by atoms with Gasteiger partial charge in [0.1, 0.15) is 11.5 Å². The smallest absolute Gasteiger partial charge is 0.328 e. The lowest BCUT2D eigenvalue weighted by atomic mass is 10.2. The van der Waals surface area contributed by atoms with Crippen LogP contribution in [0, 0.1) is 0 Å². The first kappa shape index (κ1) is 20.3. The molecule has 0 bridgehead atoms. The number of benzene rings is 2. The van der Waals surface area contributed by atoms with E-state index >= 15 is 0 Å². The number of carbonyl (C=O) groups is 2. The number of nitrogens with zero attached hydrogens (tertiary/aromatic N) is 3. The van der Waals surface area contributed by atoms with Crippen LogP contribution in [0.15, 0.2) is 65.4 Å².